The van der Waals surface area contributed by atoms with Crippen LogP contribution in [0.1, 0.15) is 13.3 Å². The first kappa shape index (κ1) is 22.9. The molecule has 2 N–H and O–H groups in total. The highest BCUT2D eigenvalue weighted by Crippen LogP contribution is 2.32. The number of allylic oxidation sites excluding steroid dienone is 1. The zero-order chi connectivity index (χ0) is 21.0. The first-order valence-electron chi connectivity index (χ1n) is 6.92. The number of halogens is 4. The summed E-state index contributed by atoms with van der Waals surface area (Å²) in [4.78, 5) is -0.127. The average Bonchev–Trinajstić information content (AvgIpc) is 2.56. The van der Waals surface area contributed by atoms with Gasteiger partial charge in [0.15, 0.2) is 28.2 Å². The molecular formula is C12H13F4N5O4S2. The third-order valence-corrected chi connectivity index (χ3v) is 5.99. The van der Waals surface area contributed by atoms with Crippen molar-refractivity contribution < 1.29 is 34.4 Å². The Hall–Kier alpha value is -2.19. The number of rotatable bonds is 9. The molecule has 0 saturated heterocycles. The molecule has 0 aliphatic carbocycles. The number of azide groups is 1. The fraction of sp³-hybridized carbons (Fsp3) is 0.333. The zero-order valence-electron chi connectivity index (χ0n) is 13.6. The molecule has 0 bridgehead atoms. The molecular weight excluding hydrogens is 418 g/mol. The van der Waals surface area contributed by atoms with Crippen LogP contribution in [-0.4, -0.2) is 29.9 Å². The van der Waals surface area contributed by atoms with Gasteiger partial charge in [0.05, 0.1) is 0 Å². The van der Waals surface area contributed by atoms with Gasteiger partial charge in [-0.25, -0.2) is 43.8 Å². The third-order valence-electron chi connectivity index (χ3n) is 3.01. The van der Waals surface area contributed by atoms with Gasteiger partial charge in [0.1, 0.15) is 5.69 Å². The van der Waals surface area contributed by atoms with Gasteiger partial charge in [-0.15, -0.1) is 0 Å². The summed E-state index contributed by atoms with van der Waals surface area (Å²) in [6.07, 6.45) is -0.156. The van der Waals surface area contributed by atoms with Gasteiger partial charge in [0, 0.05) is 22.9 Å². The van der Waals surface area contributed by atoms with Crippen LogP contribution in [0.15, 0.2) is 21.5 Å². The highest BCUT2D eigenvalue weighted by Gasteiger charge is 2.32. The maximum Gasteiger partial charge on any atom is 0.246 e. The molecule has 0 atom stereocenters. The fourth-order valence-electron chi connectivity index (χ4n) is 1.67. The van der Waals surface area contributed by atoms with Gasteiger partial charge in [-0.05, 0) is 18.9 Å². The largest absolute Gasteiger partial charge is 0.246 e. The second kappa shape index (κ2) is 8.67. The molecule has 15 heteroatoms. The van der Waals surface area contributed by atoms with Gasteiger partial charge in [-0.2, -0.15) is 0 Å². The van der Waals surface area contributed by atoms with Crippen LogP contribution in [0.4, 0.5) is 23.2 Å². The molecule has 27 heavy (non-hydrogen) atoms. The van der Waals surface area contributed by atoms with Crippen LogP contribution in [0.25, 0.3) is 10.4 Å². The molecule has 0 fully saturated rings. The smallest absolute Gasteiger partial charge is 0.211 e. The Morgan fingerprint density at radius 1 is 1.04 bits per heavy atom. The summed E-state index contributed by atoms with van der Waals surface area (Å²) in [6, 6.07) is 0. The molecule has 1 aromatic rings. The maximum atomic E-state index is 13.9. The molecule has 150 valence electrons. The molecule has 1 aromatic carbocycles. The lowest BCUT2D eigenvalue weighted by molar-refractivity contribution is 0.421. The summed E-state index contributed by atoms with van der Waals surface area (Å²) in [5.74, 6) is -8.90. The van der Waals surface area contributed by atoms with Crippen molar-refractivity contribution in [3.63, 3.8) is 0 Å². The van der Waals surface area contributed by atoms with Gasteiger partial charge in [-0.1, -0.05) is 11.7 Å². The van der Waals surface area contributed by atoms with E-state index in [1.54, 1.807) is 4.72 Å². The number of nitrogens with zero attached hydrogens (tertiary/aromatic N) is 3. The summed E-state index contributed by atoms with van der Waals surface area (Å²) in [6.45, 7) is 3.67. The maximum absolute atomic E-state index is 13.9. The SMILES string of the molecule is C=C(C)S(=O)(=O)NCCCNS(=O)(=O)c1c(F)c(F)c(N=[N+]=[N-])c(F)c1F. The van der Waals surface area contributed by atoms with Crippen molar-refractivity contribution in [1.82, 2.24) is 9.44 Å². The first-order chi connectivity index (χ1) is 12.4. The number of hydrogen-bond donors (Lipinski definition) is 2. The number of hydrogen-bond acceptors (Lipinski definition) is 5. The van der Waals surface area contributed by atoms with E-state index in [9.17, 15) is 34.4 Å². The van der Waals surface area contributed by atoms with Crippen molar-refractivity contribution in [3.05, 3.63) is 45.2 Å². The van der Waals surface area contributed by atoms with E-state index >= 15 is 0 Å². The molecule has 1 rings (SSSR count). The van der Waals surface area contributed by atoms with Crippen molar-refractivity contribution in [2.24, 2.45) is 5.11 Å². The Kier molecular flexibility index (Phi) is 7.33. The van der Waals surface area contributed by atoms with Crippen molar-refractivity contribution in [1.29, 1.82) is 0 Å². The highest BCUT2D eigenvalue weighted by molar-refractivity contribution is 7.93. The van der Waals surface area contributed by atoms with E-state index in [-0.39, 0.29) is 17.9 Å². The van der Waals surface area contributed by atoms with E-state index in [2.05, 4.69) is 16.4 Å². The van der Waals surface area contributed by atoms with Crippen molar-refractivity contribution in [2.45, 2.75) is 18.2 Å². The van der Waals surface area contributed by atoms with Crippen LogP contribution in [0.2, 0.25) is 0 Å². The Morgan fingerprint density at radius 3 is 1.96 bits per heavy atom. The van der Waals surface area contributed by atoms with E-state index < -0.39 is 60.4 Å². The Labute approximate surface area is 151 Å². The van der Waals surface area contributed by atoms with Crippen LogP contribution in [0.5, 0.6) is 0 Å². The minimum absolute atomic E-state index is 0.156. The van der Waals surface area contributed by atoms with E-state index in [1.807, 2.05) is 4.91 Å². The normalized spacial score (nSPS) is 11.9. The number of sulfonamides is 2. The molecule has 0 aliphatic heterocycles. The standard InChI is InChI=1S/C12H13F4N5O4S2/c1-6(2)26(22,23)18-4-3-5-19-27(24,25)12-9(15)7(13)11(20-21-17)8(14)10(12)16/h18-19H,1,3-5H2,2H3. The van der Waals surface area contributed by atoms with E-state index in [4.69, 9.17) is 5.53 Å². The van der Waals surface area contributed by atoms with Crippen LogP contribution >= 0.6 is 0 Å². The topological polar surface area (TPSA) is 141 Å². The van der Waals surface area contributed by atoms with Gasteiger partial charge in [-0.3, -0.25) is 0 Å². The highest BCUT2D eigenvalue weighted by atomic mass is 32.2. The van der Waals surface area contributed by atoms with Crippen molar-refractivity contribution in [3.8, 4) is 0 Å². The van der Waals surface area contributed by atoms with Crippen molar-refractivity contribution >= 4 is 25.7 Å². The van der Waals surface area contributed by atoms with Crippen molar-refractivity contribution in [2.75, 3.05) is 13.1 Å². The second-order valence-corrected chi connectivity index (χ2v) is 8.67. The average molecular weight is 431 g/mol. The quantitative estimate of drug-likeness (QED) is 0.155. The predicted octanol–water partition coefficient (Wildman–Crippen LogP) is 2.31. The molecule has 9 nitrogen and oxygen atoms in total. The van der Waals surface area contributed by atoms with Gasteiger partial charge in [0.25, 0.3) is 0 Å². The molecule has 0 heterocycles. The third kappa shape index (κ3) is 5.17. The lowest BCUT2D eigenvalue weighted by Crippen LogP contribution is -2.31. The zero-order valence-corrected chi connectivity index (χ0v) is 15.3. The molecule has 0 aliphatic rings. The minimum Gasteiger partial charge on any atom is -0.211 e. The van der Waals surface area contributed by atoms with E-state index in [1.165, 1.54) is 6.92 Å². The van der Waals surface area contributed by atoms with Gasteiger partial charge >= 0.3 is 0 Å². The van der Waals surface area contributed by atoms with Gasteiger partial charge < -0.3 is 0 Å². The van der Waals surface area contributed by atoms with E-state index in [0.29, 0.717) is 0 Å². The Balaban J connectivity index is 3.00. The molecule has 0 aromatic heterocycles. The van der Waals surface area contributed by atoms with Crippen LogP contribution < -0.4 is 9.44 Å². The minimum atomic E-state index is -5.04. The Bertz CT molecular complexity index is 992. The summed E-state index contributed by atoms with van der Waals surface area (Å²) in [5, 5.41) is 2.44. The molecule has 0 radical (unpaired) electrons. The van der Waals surface area contributed by atoms with Crippen LogP contribution in [0.3, 0.4) is 0 Å². The Morgan fingerprint density at radius 2 is 1.52 bits per heavy atom. The number of benzene rings is 1. The molecule has 0 unspecified atom stereocenters. The fourth-order valence-corrected chi connectivity index (χ4v) is 3.53. The number of nitrogens with one attached hydrogen (secondary N) is 2. The monoisotopic (exact) mass is 431 g/mol. The first-order valence-corrected chi connectivity index (χ1v) is 9.89. The van der Waals surface area contributed by atoms with Crippen LogP contribution in [-0.2, 0) is 20.0 Å². The summed E-state index contributed by atoms with van der Waals surface area (Å²) >= 11 is 0. The molecule has 0 amide bonds. The summed E-state index contributed by atoms with van der Waals surface area (Å²) < 4.78 is 105. The van der Waals surface area contributed by atoms with Gasteiger partial charge in [0.2, 0.25) is 20.0 Å². The lowest BCUT2D eigenvalue weighted by atomic mass is 10.2. The summed E-state index contributed by atoms with van der Waals surface area (Å²) in [5.41, 5.74) is 6.48. The molecule has 0 saturated carbocycles. The van der Waals surface area contributed by atoms with E-state index in [0.717, 1.165) is 0 Å². The van der Waals surface area contributed by atoms with Crippen LogP contribution in [0, 0.1) is 23.3 Å². The predicted molar refractivity (Wildman–Crippen MR) is 86.6 cm³/mol. The molecule has 0 spiro atoms. The summed E-state index contributed by atoms with van der Waals surface area (Å²) in [7, 11) is -8.82. The lowest BCUT2D eigenvalue weighted by Gasteiger charge is -2.11. The second-order valence-electron chi connectivity index (χ2n) is 4.97.